The Morgan fingerprint density at radius 1 is 1.50 bits per heavy atom. The Morgan fingerprint density at radius 2 is 2.20 bits per heavy atom. The summed E-state index contributed by atoms with van der Waals surface area (Å²) in [4.78, 5) is 25.0. The van der Waals surface area contributed by atoms with Crippen molar-refractivity contribution in [2.45, 2.75) is 25.3 Å². The van der Waals surface area contributed by atoms with Crippen LogP contribution < -0.4 is 5.73 Å². The standard InChI is InChI=1S/C11H21N3O5S/c1-20-11(17)19-8-13-5-7-14(18)6-3-2-4-9(12)10(15)16/h5,9,18H,2-4,6-8,12H2,1H3,(H,15,16)/t9-/m0/s1. The van der Waals surface area contributed by atoms with E-state index in [4.69, 9.17) is 10.8 Å². The van der Waals surface area contributed by atoms with Crippen LogP contribution in [0.3, 0.4) is 0 Å². The second-order valence-corrected chi connectivity index (χ2v) is 4.69. The number of aliphatic imine (C=N–C) groups is 1. The van der Waals surface area contributed by atoms with Crippen LogP contribution in [0.1, 0.15) is 19.3 Å². The Morgan fingerprint density at radius 3 is 2.80 bits per heavy atom. The third-order valence-electron chi connectivity index (χ3n) is 2.34. The smallest absolute Gasteiger partial charge is 0.368 e. The molecule has 0 aliphatic heterocycles. The molecule has 0 bridgehead atoms. The van der Waals surface area contributed by atoms with Crippen LogP contribution in [-0.4, -0.2) is 65.0 Å². The van der Waals surface area contributed by atoms with Crippen molar-refractivity contribution in [1.82, 2.24) is 5.06 Å². The van der Waals surface area contributed by atoms with Crippen molar-refractivity contribution in [3.8, 4) is 0 Å². The van der Waals surface area contributed by atoms with Gasteiger partial charge in [-0.15, -0.1) is 0 Å². The number of aliphatic carboxylic acids is 1. The fourth-order valence-electron chi connectivity index (χ4n) is 1.23. The molecular weight excluding hydrogens is 286 g/mol. The molecule has 0 aliphatic carbocycles. The molecule has 0 saturated carbocycles. The van der Waals surface area contributed by atoms with E-state index < -0.39 is 17.3 Å². The van der Waals surface area contributed by atoms with Gasteiger partial charge in [0.25, 0.3) is 0 Å². The minimum Gasteiger partial charge on any atom is -0.480 e. The SMILES string of the molecule is CSC(=O)OCN=CCN(O)CCCC[C@H](N)C(=O)O. The molecule has 9 heteroatoms. The third-order valence-corrected chi connectivity index (χ3v) is 2.79. The maximum Gasteiger partial charge on any atom is 0.368 e. The Bertz CT molecular complexity index is 327. The molecule has 0 heterocycles. The van der Waals surface area contributed by atoms with E-state index in [-0.39, 0.29) is 13.3 Å². The highest BCUT2D eigenvalue weighted by molar-refractivity contribution is 8.12. The van der Waals surface area contributed by atoms with Gasteiger partial charge in [-0.3, -0.25) is 9.79 Å². The number of hydroxylamine groups is 2. The van der Waals surface area contributed by atoms with Gasteiger partial charge in [-0.1, -0.05) is 0 Å². The van der Waals surface area contributed by atoms with Crippen LogP contribution in [0.4, 0.5) is 4.79 Å². The number of unbranched alkanes of at least 4 members (excludes halogenated alkanes) is 1. The van der Waals surface area contributed by atoms with Crippen molar-refractivity contribution in [2.24, 2.45) is 10.7 Å². The largest absolute Gasteiger partial charge is 0.480 e. The maximum absolute atomic E-state index is 10.7. The number of hydrogen-bond acceptors (Lipinski definition) is 8. The fraction of sp³-hybridized carbons (Fsp3) is 0.727. The molecular formula is C11H21N3O5S. The summed E-state index contributed by atoms with van der Waals surface area (Å²) < 4.78 is 4.68. The van der Waals surface area contributed by atoms with E-state index in [0.29, 0.717) is 25.8 Å². The molecule has 8 nitrogen and oxygen atoms in total. The van der Waals surface area contributed by atoms with E-state index in [1.54, 1.807) is 6.26 Å². The molecule has 20 heavy (non-hydrogen) atoms. The number of carbonyl (C=O) groups excluding carboxylic acids is 1. The number of rotatable bonds is 10. The van der Waals surface area contributed by atoms with Crippen molar-refractivity contribution >= 4 is 29.2 Å². The van der Waals surface area contributed by atoms with Crippen molar-refractivity contribution < 1.29 is 24.6 Å². The summed E-state index contributed by atoms with van der Waals surface area (Å²) in [6.07, 6.45) is 4.68. The fourth-order valence-corrected chi connectivity index (χ4v) is 1.40. The first-order chi connectivity index (χ1) is 9.47. The Balaban J connectivity index is 3.54. The summed E-state index contributed by atoms with van der Waals surface area (Å²) in [7, 11) is 0. The van der Waals surface area contributed by atoms with E-state index in [2.05, 4.69) is 9.73 Å². The summed E-state index contributed by atoms with van der Waals surface area (Å²) in [6.45, 7) is 0.533. The van der Waals surface area contributed by atoms with E-state index in [1.807, 2.05) is 0 Å². The van der Waals surface area contributed by atoms with Gasteiger partial charge in [0.15, 0.2) is 6.73 Å². The normalized spacial score (nSPS) is 12.8. The Hall–Kier alpha value is -1.16. The zero-order valence-corrected chi connectivity index (χ0v) is 12.2. The lowest BCUT2D eigenvalue weighted by atomic mass is 10.1. The molecule has 0 rings (SSSR count). The van der Waals surface area contributed by atoms with Gasteiger partial charge >= 0.3 is 11.3 Å². The van der Waals surface area contributed by atoms with Gasteiger partial charge in [-0.05, 0) is 37.3 Å². The van der Waals surface area contributed by atoms with Gasteiger partial charge in [0.05, 0.1) is 6.54 Å². The lowest BCUT2D eigenvalue weighted by Crippen LogP contribution is -2.30. The first kappa shape index (κ1) is 18.8. The van der Waals surface area contributed by atoms with Crippen LogP contribution in [0, 0.1) is 0 Å². The van der Waals surface area contributed by atoms with Crippen LogP contribution in [0.5, 0.6) is 0 Å². The number of hydrogen-bond donors (Lipinski definition) is 3. The van der Waals surface area contributed by atoms with E-state index in [0.717, 1.165) is 16.8 Å². The minimum absolute atomic E-state index is 0.0685. The molecule has 0 fully saturated rings. The number of thioether (sulfide) groups is 1. The Labute approximate surface area is 121 Å². The first-order valence-corrected chi connectivity index (χ1v) is 7.31. The summed E-state index contributed by atoms with van der Waals surface area (Å²) in [6, 6.07) is -0.852. The molecule has 0 aromatic heterocycles. The minimum atomic E-state index is -1.02. The number of carbonyl (C=O) groups is 2. The van der Waals surface area contributed by atoms with Crippen LogP contribution in [0.15, 0.2) is 4.99 Å². The number of carboxylic acid groups (broad SMARTS) is 1. The molecule has 0 amide bonds. The average molecular weight is 307 g/mol. The van der Waals surface area contributed by atoms with Crippen LogP contribution >= 0.6 is 11.8 Å². The molecule has 0 unspecified atom stereocenters. The molecule has 0 spiro atoms. The van der Waals surface area contributed by atoms with Crippen molar-refractivity contribution in [3.05, 3.63) is 0 Å². The van der Waals surface area contributed by atoms with E-state index in [9.17, 15) is 14.8 Å². The zero-order valence-electron chi connectivity index (χ0n) is 11.4. The highest BCUT2D eigenvalue weighted by atomic mass is 32.2. The van der Waals surface area contributed by atoms with E-state index >= 15 is 0 Å². The molecule has 0 radical (unpaired) electrons. The zero-order chi connectivity index (χ0) is 15.4. The van der Waals surface area contributed by atoms with Crippen LogP contribution in [-0.2, 0) is 9.53 Å². The topological polar surface area (TPSA) is 125 Å². The lowest BCUT2D eigenvalue weighted by Gasteiger charge is -2.12. The number of carboxylic acids is 1. The van der Waals surface area contributed by atoms with E-state index in [1.165, 1.54) is 6.21 Å². The summed E-state index contributed by atoms with van der Waals surface area (Å²) in [5.74, 6) is -1.02. The summed E-state index contributed by atoms with van der Waals surface area (Å²) in [5.41, 5.74) is 5.34. The average Bonchev–Trinajstić information content (AvgIpc) is 2.42. The molecule has 4 N–H and O–H groups in total. The second-order valence-electron chi connectivity index (χ2n) is 3.95. The number of ether oxygens (including phenoxy) is 1. The summed E-state index contributed by atoms with van der Waals surface area (Å²) in [5, 5.41) is 18.7. The van der Waals surface area contributed by atoms with Crippen LogP contribution in [0.2, 0.25) is 0 Å². The van der Waals surface area contributed by atoms with Crippen molar-refractivity contribution in [1.29, 1.82) is 0 Å². The molecule has 1 atom stereocenters. The lowest BCUT2D eigenvalue weighted by molar-refractivity contribution is -0.138. The molecule has 0 aromatic carbocycles. The van der Waals surface area contributed by atoms with Gasteiger partial charge < -0.3 is 20.8 Å². The number of nitrogens with zero attached hydrogens (tertiary/aromatic N) is 2. The molecule has 0 aromatic rings. The first-order valence-electron chi connectivity index (χ1n) is 6.08. The maximum atomic E-state index is 10.7. The van der Waals surface area contributed by atoms with Crippen molar-refractivity contribution in [2.75, 3.05) is 26.1 Å². The van der Waals surface area contributed by atoms with Gasteiger partial charge in [0.1, 0.15) is 6.04 Å². The molecule has 116 valence electrons. The predicted molar refractivity (Wildman–Crippen MR) is 76.2 cm³/mol. The van der Waals surface area contributed by atoms with Gasteiger partial charge in [-0.25, -0.2) is 4.79 Å². The van der Waals surface area contributed by atoms with Gasteiger partial charge in [0.2, 0.25) is 0 Å². The molecule has 0 saturated heterocycles. The highest BCUT2D eigenvalue weighted by Gasteiger charge is 2.10. The highest BCUT2D eigenvalue weighted by Crippen LogP contribution is 2.00. The van der Waals surface area contributed by atoms with Crippen LogP contribution in [0.25, 0.3) is 0 Å². The number of nitrogens with two attached hydrogens (primary N) is 1. The predicted octanol–water partition coefficient (Wildman–Crippen LogP) is 0.788. The quantitative estimate of drug-likeness (QED) is 0.234. The monoisotopic (exact) mass is 307 g/mol. The van der Waals surface area contributed by atoms with Gasteiger partial charge in [-0.2, -0.15) is 5.06 Å². The third kappa shape index (κ3) is 10.7. The van der Waals surface area contributed by atoms with Crippen molar-refractivity contribution in [3.63, 3.8) is 0 Å². The summed E-state index contributed by atoms with van der Waals surface area (Å²) >= 11 is 0.960. The van der Waals surface area contributed by atoms with Gasteiger partial charge in [0, 0.05) is 12.8 Å². The second kappa shape index (κ2) is 11.6. The Kier molecular flexibility index (Phi) is 11.0. The molecule has 0 aliphatic rings.